The molecular formula is C23H25F3N2O2. The number of methoxy groups -OCH3 is 1. The topological polar surface area (TPSA) is 42.4 Å². The van der Waals surface area contributed by atoms with Crippen molar-refractivity contribution in [3.05, 3.63) is 52.8 Å². The minimum Gasteiger partial charge on any atom is -0.495 e. The monoisotopic (exact) mass is 418 g/mol. The van der Waals surface area contributed by atoms with Gasteiger partial charge in [0.2, 0.25) is 0 Å². The molecule has 2 aromatic rings. The Morgan fingerprint density at radius 2 is 1.97 bits per heavy atom. The highest BCUT2D eigenvalue weighted by molar-refractivity contribution is 6.03. The first-order valence-corrected chi connectivity index (χ1v) is 10.3. The van der Waals surface area contributed by atoms with Gasteiger partial charge in [0.15, 0.2) is 5.78 Å². The van der Waals surface area contributed by atoms with Gasteiger partial charge in [-0.15, -0.1) is 0 Å². The third kappa shape index (κ3) is 3.89. The van der Waals surface area contributed by atoms with E-state index in [0.29, 0.717) is 23.7 Å². The maximum Gasteiger partial charge on any atom is 0.418 e. The molecule has 7 heteroatoms. The van der Waals surface area contributed by atoms with Crippen molar-refractivity contribution in [2.24, 2.45) is 11.8 Å². The SMILES string of the molecule is COc1cc2c(cc1N1CCC(C)CC1)CC(Cc1ncccc1C(F)(F)F)C2=O. The number of Topliss-reactive ketones (excluding diaryl/α,β-unsaturated/α-hetero) is 1. The molecule has 1 aliphatic heterocycles. The summed E-state index contributed by atoms with van der Waals surface area (Å²) in [6, 6.07) is 6.04. The van der Waals surface area contributed by atoms with Gasteiger partial charge in [0, 0.05) is 37.2 Å². The molecule has 1 saturated heterocycles. The molecule has 0 bridgehead atoms. The Bertz CT molecular complexity index is 950. The van der Waals surface area contributed by atoms with Gasteiger partial charge in [-0.05, 0) is 55.0 Å². The number of ether oxygens (including phenoxy) is 1. The zero-order valence-electron chi connectivity index (χ0n) is 17.1. The maximum atomic E-state index is 13.3. The van der Waals surface area contributed by atoms with Crippen molar-refractivity contribution in [2.45, 2.75) is 38.8 Å². The lowest BCUT2D eigenvalue weighted by atomic mass is 9.96. The number of benzene rings is 1. The number of nitrogens with zero attached hydrogens (tertiary/aromatic N) is 2. The van der Waals surface area contributed by atoms with Gasteiger partial charge in [-0.2, -0.15) is 13.2 Å². The van der Waals surface area contributed by atoms with E-state index in [9.17, 15) is 18.0 Å². The first-order valence-electron chi connectivity index (χ1n) is 10.3. The zero-order valence-corrected chi connectivity index (χ0v) is 17.1. The summed E-state index contributed by atoms with van der Waals surface area (Å²) in [4.78, 5) is 19.2. The molecule has 2 heterocycles. The van der Waals surface area contributed by atoms with Crippen LogP contribution in [0.3, 0.4) is 0 Å². The Hall–Kier alpha value is -2.57. The number of rotatable bonds is 4. The van der Waals surface area contributed by atoms with E-state index in [1.807, 2.05) is 6.07 Å². The average Bonchev–Trinajstić information content (AvgIpc) is 3.02. The van der Waals surface area contributed by atoms with E-state index >= 15 is 0 Å². The van der Waals surface area contributed by atoms with Crippen LogP contribution in [0.15, 0.2) is 30.5 Å². The van der Waals surface area contributed by atoms with Crippen LogP contribution >= 0.6 is 0 Å². The van der Waals surface area contributed by atoms with Crippen LogP contribution in [0, 0.1) is 11.8 Å². The van der Waals surface area contributed by atoms with Gasteiger partial charge < -0.3 is 9.64 Å². The summed E-state index contributed by atoms with van der Waals surface area (Å²) in [6.45, 7) is 4.10. The van der Waals surface area contributed by atoms with Crippen molar-refractivity contribution in [2.75, 3.05) is 25.1 Å². The van der Waals surface area contributed by atoms with Crippen LogP contribution in [-0.2, 0) is 19.0 Å². The molecule has 30 heavy (non-hydrogen) atoms. The number of carbonyl (C=O) groups is 1. The van der Waals surface area contributed by atoms with Crippen LogP contribution in [-0.4, -0.2) is 31.0 Å². The molecule has 0 N–H and O–H groups in total. The Morgan fingerprint density at radius 1 is 1.23 bits per heavy atom. The second-order valence-corrected chi connectivity index (χ2v) is 8.32. The number of hydrogen-bond acceptors (Lipinski definition) is 4. The summed E-state index contributed by atoms with van der Waals surface area (Å²) in [5.74, 6) is 0.651. The highest BCUT2D eigenvalue weighted by Gasteiger charge is 2.38. The van der Waals surface area contributed by atoms with E-state index in [1.54, 1.807) is 13.2 Å². The number of alkyl halides is 3. The van der Waals surface area contributed by atoms with Gasteiger partial charge >= 0.3 is 6.18 Å². The van der Waals surface area contributed by atoms with Crippen LogP contribution in [0.4, 0.5) is 18.9 Å². The minimum atomic E-state index is -4.49. The number of ketones is 1. The van der Waals surface area contributed by atoms with Gasteiger partial charge in [0.25, 0.3) is 0 Å². The fourth-order valence-corrected chi connectivity index (χ4v) is 4.51. The van der Waals surface area contributed by atoms with Gasteiger partial charge in [-0.1, -0.05) is 6.92 Å². The second kappa shape index (κ2) is 7.93. The van der Waals surface area contributed by atoms with Crippen LogP contribution in [0.25, 0.3) is 0 Å². The van der Waals surface area contributed by atoms with Crippen molar-refractivity contribution < 1.29 is 22.7 Å². The molecular weight excluding hydrogens is 393 g/mol. The largest absolute Gasteiger partial charge is 0.495 e. The number of hydrogen-bond donors (Lipinski definition) is 0. The molecule has 1 aromatic carbocycles. The Labute approximate surface area is 174 Å². The van der Waals surface area contributed by atoms with Crippen molar-refractivity contribution in [3.63, 3.8) is 0 Å². The quantitative estimate of drug-likeness (QED) is 0.705. The third-order valence-electron chi connectivity index (χ3n) is 6.27. The first-order chi connectivity index (χ1) is 14.3. The number of halogens is 3. The standard InChI is InChI=1S/C23H25F3N2O2/c1-14-5-8-28(9-6-14)20-12-15-10-16(22(29)17(15)13-21(20)30-2)11-19-18(23(24,25)26)4-3-7-27-19/h3-4,7,12-14,16H,5-6,8-11H2,1-2H3. The summed E-state index contributed by atoms with van der Waals surface area (Å²) in [5, 5.41) is 0. The lowest BCUT2D eigenvalue weighted by Gasteiger charge is -2.33. The van der Waals surface area contributed by atoms with Gasteiger partial charge in [-0.3, -0.25) is 9.78 Å². The van der Waals surface area contributed by atoms with Crippen molar-refractivity contribution in [1.82, 2.24) is 4.98 Å². The molecule has 4 rings (SSSR count). The highest BCUT2D eigenvalue weighted by Crippen LogP contribution is 2.40. The van der Waals surface area contributed by atoms with Crippen LogP contribution < -0.4 is 9.64 Å². The highest BCUT2D eigenvalue weighted by atomic mass is 19.4. The molecule has 1 aromatic heterocycles. The molecule has 160 valence electrons. The number of piperidine rings is 1. The molecule has 0 amide bonds. The average molecular weight is 418 g/mol. The number of pyridine rings is 1. The van der Waals surface area contributed by atoms with E-state index in [2.05, 4.69) is 16.8 Å². The van der Waals surface area contributed by atoms with Gasteiger partial charge in [0.05, 0.1) is 24.1 Å². The Kier molecular flexibility index (Phi) is 5.47. The summed E-state index contributed by atoms with van der Waals surface area (Å²) in [6.07, 6.45) is -0.551. The molecule has 0 saturated carbocycles. The summed E-state index contributed by atoms with van der Waals surface area (Å²) >= 11 is 0. The fraction of sp³-hybridized carbons (Fsp3) is 0.478. The van der Waals surface area contributed by atoms with Crippen LogP contribution in [0.2, 0.25) is 0 Å². The van der Waals surface area contributed by atoms with Crippen molar-refractivity contribution in [1.29, 1.82) is 0 Å². The molecule has 4 nitrogen and oxygen atoms in total. The summed E-state index contributed by atoms with van der Waals surface area (Å²) < 4.78 is 45.5. The predicted molar refractivity (Wildman–Crippen MR) is 108 cm³/mol. The van der Waals surface area contributed by atoms with Crippen LogP contribution in [0.5, 0.6) is 5.75 Å². The molecule has 1 atom stereocenters. The van der Waals surface area contributed by atoms with Crippen molar-refractivity contribution in [3.8, 4) is 5.75 Å². The second-order valence-electron chi connectivity index (χ2n) is 8.32. The van der Waals surface area contributed by atoms with Crippen LogP contribution in [0.1, 0.15) is 46.9 Å². The van der Waals surface area contributed by atoms with E-state index in [1.165, 1.54) is 12.3 Å². The fourth-order valence-electron chi connectivity index (χ4n) is 4.51. The predicted octanol–water partition coefficient (Wildman–Crippen LogP) is 4.94. The van der Waals surface area contributed by atoms with E-state index in [4.69, 9.17) is 4.74 Å². The van der Waals surface area contributed by atoms with E-state index in [0.717, 1.165) is 43.2 Å². The first kappa shape index (κ1) is 20.7. The van der Waals surface area contributed by atoms with Gasteiger partial charge in [0.1, 0.15) is 5.75 Å². The normalized spacial score (nSPS) is 19.8. The number of anilines is 1. The Balaban J connectivity index is 1.61. The lowest BCUT2D eigenvalue weighted by molar-refractivity contribution is -0.138. The minimum absolute atomic E-state index is 0.0257. The van der Waals surface area contributed by atoms with E-state index in [-0.39, 0.29) is 17.9 Å². The van der Waals surface area contributed by atoms with Gasteiger partial charge in [-0.25, -0.2) is 0 Å². The molecule has 0 spiro atoms. The zero-order chi connectivity index (χ0) is 21.5. The Morgan fingerprint density at radius 3 is 2.63 bits per heavy atom. The maximum absolute atomic E-state index is 13.3. The molecule has 1 unspecified atom stereocenters. The lowest BCUT2D eigenvalue weighted by Crippen LogP contribution is -2.33. The number of carbonyl (C=O) groups excluding carboxylic acids is 1. The summed E-state index contributed by atoms with van der Waals surface area (Å²) in [5.41, 5.74) is 1.55. The molecule has 0 radical (unpaired) electrons. The summed E-state index contributed by atoms with van der Waals surface area (Å²) in [7, 11) is 1.58. The number of fused-ring (bicyclic) bond motifs is 1. The van der Waals surface area contributed by atoms with Crippen molar-refractivity contribution >= 4 is 11.5 Å². The molecule has 2 aliphatic rings. The third-order valence-corrected chi connectivity index (χ3v) is 6.27. The smallest absolute Gasteiger partial charge is 0.418 e. The molecule has 1 aliphatic carbocycles. The van der Waals surface area contributed by atoms with E-state index < -0.39 is 17.7 Å². The molecule has 1 fully saturated rings. The number of aromatic nitrogens is 1.